The number of carbonyl (C=O) groups excluding carboxylic acids is 1. The van der Waals surface area contributed by atoms with Gasteiger partial charge in [0.05, 0.1) is 45.2 Å². The molecule has 1 fully saturated rings. The number of fused-ring (bicyclic) bond motifs is 1. The van der Waals surface area contributed by atoms with Gasteiger partial charge in [0.15, 0.2) is 35.2 Å². The number of aliphatic hydroxyl groups excluding tert-OH is 1. The summed E-state index contributed by atoms with van der Waals surface area (Å²) in [6, 6.07) is 5.31. The number of anilines is 1. The van der Waals surface area contributed by atoms with Crippen molar-refractivity contribution < 1.29 is 46.6 Å². The summed E-state index contributed by atoms with van der Waals surface area (Å²) in [7, 11) is -3.72. The summed E-state index contributed by atoms with van der Waals surface area (Å²) < 4.78 is 58.4. The third kappa shape index (κ3) is 9.33. The van der Waals surface area contributed by atoms with Gasteiger partial charge in [-0.2, -0.15) is 15.3 Å². The molecule has 0 radical (unpaired) electrons. The van der Waals surface area contributed by atoms with E-state index in [1.165, 1.54) is 4.68 Å². The Balaban J connectivity index is 1.32. The number of halogens is 1. The van der Waals surface area contributed by atoms with Gasteiger partial charge in [0.1, 0.15) is 18.8 Å². The number of aromatic nitrogens is 8. The van der Waals surface area contributed by atoms with Gasteiger partial charge in [-0.15, -0.1) is 0 Å². The Morgan fingerprint density at radius 3 is 2.71 bits per heavy atom. The minimum atomic E-state index is -3.72. The Labute approximate surface area is 294 Å². The number of imidazole rings is 1. The van der Waals surface area contributed by atoms with Crippen LogP contribution in [0.4, 0.5) is 10.3 Å². The van der Waals surface area contributed by atoms with E-state index in [0.717, 1.165) is 10.9 Å². The monoisotopic (exact) mass is 770 g/mol. The number of nitrogens with zero attached hydrogens (tertiary/aromatic N) is 8. The first-order chi connectivity index (χ1) is 24.4. The molecule has 6 atom stereocenters. The zero-order chi connectivity index (χ0) is 36.7. The highest BCUT2D eigenvalue weighted by atomic mass is 32.5. The molecule has 24 heteroatoms. The predicted octanol–water partition coefficient (Wildman–Crippen LogP) is 1.75. The number of aliphatic hydroxyl groups is 1. The molecule has 1 amide bonds. The molecule has 4 N–H and O–H groups in total. The molecule has 0 spiro atoms. The van der Waals surface area contributed by atoms with Crippen molar-refractivity contribution in [3.63, 3.8) is 0 Å². The fourth-order valence-electron chi connectivity index (χ4n) is 4.74. The van der Waals surface area contributed by atoms with Crippen LogP contribution in [0.15, 0.2) is 35.6 Å². The number of alkyl halides is 1. The van der Waals surface area contributed by atoms with Crippen molar-refractivity contribution in [2.75, 3.05) is 25.1 Å². The van der Waals surface area contributed by atoms with Gasteiger partial charge < -0.3 is 28.3 Å². The standard InChI is InChI=1S/C27H33FN10O10P2S/c1-15(2)24(40)34-27-33-23-20(25(41)35-27)31-14-37(23)26-21(48-49(42)43)19(28)17(47-26)13-46-50(51,44-10-3-6-29)45-11-9-38-18(12-39)32-22(36-38)16-4-7-30-8-5-16/h4-5,7-8,14-15,17,19,21,26,39,49H,3,9-13H2,1-2H3,(H,42,43)(H2,33,34,35,40,41)/t17-,19-,21-,26-,50?/m1/s1. The number of aromatic amines is 1. The number of ether oxygens (including phenoxy) is 1. The molecular formula is C27H33FN10O10P2S. The van der Waals surface area contributed by atoms with E-state index in [-0.39, 0.29) is 49.1 Å². The maximum Gasteiger partial charge on any atom is 0.327 e. The predicted molar refractivity (Wildman–Crippen MR) is 178 cm³/mol. The van der Waals surface area contributed by atoms with E-state index >= 15 is 4.39 Å². The molecule has 1 aliphatic rings. The van der Waals surface area contributed by atoms with E-state index in [2.05, 4.69) is 35.3 Å². The molecule has 1 saturated heterocycles. The topological polar surface area (TPSA) is 264 Å². The van der Waals surface area contributed by atoms with Gasteiger partial charge in [0.2, 0.25) is 11.9 Å². The van der Waals surface area contributed by atoms with Crippen LogP contribution in [0, 0.1) is 17.2 Å². The first kappa shape index (κ1) is 38.4. The lowest BCUT2D eigenvalue weighted by molar-refractivity contribution is -0.118. The molecule has 4 aromatic rings. The molecule has 1 aliphatic heterocycles. The summed E-state index contributed by atoms with van der Waals surface area (Å²) in [5, 5.41) is 25.7. The smallest absolute Gasteiger partial charge is 0.327 e. The quantitative estimate of drug-likeness (QED) is 0.0880. The van der Waals surface area contributed by atoms with Crippen molar-refractivity contribution in [3.8, 4) is 17.5 Å². The largest absolute Gasteiger partial charge is 0.388 e. The van der Waals surface area contributed by atoms with Crippen molar-refractivity contribution in [1.29, 1.82) is 5.26 Å². The molecule has 274 valence electrons. The first-order valence-electron chi connectivity index (χ1n) is 15.3. The van der Waals surface area contributed by atoms with Gasteiger partial charge in [-0.05, 0) is 23.9 Å². The number of hydrogen-bond acceptors (Lipinski definition) is 16. The third-order valence-corrected chi connectivity index (χ3v) is 10.1. The number of carbonyl (C=O) groups is 1. The second-order valence-corrected chi connectivity index (χ2v) is 14.8. The molecule has 51 heavy (non-hydrogen) atoms. The van der Waals surface area contributed by atoms with E-state index in [0.29, 0.717) is 11.4 Å². The number of pyridine rings is 1. The minimum Gasteiger partial charge on any atom is -0.388 e. The summed E-state index contributed by atoms with van der Waals surface area (Å²) in [5.41, 5.74) is -0.384. The lowest BCUT2D eigenvalue weighted by Gasteiger charge is -2.23. The SMILES string of the molecule is CC(C)C(=O)Nc1nc2c(ncn2[C@@H]2O[C@H](COP(=S)(OCCC#N)OCCn3nc(-c4ccncc4)nc3CO)[C@@H](F)[C@H]2O[PH](=O)O)c(=O)[nH]1. The Morgan fingerprint density at radius 2 is 2.02 bits per heavy atom. The van der Waals surface area contributed by atoms with Crippen LogP contribution in [0.2, 0.25) is 0 Å². The van der Waals surface area contributed by atoms with Crippen LogP contribution >= 0.6 is 15.0 Å². The Hall–Kier alpha value is -3.87. The normalized spacial score (nSPS) is 20.7. The van der Waals surface area contributed by atoms with Crippen molar-refractivity contribution in [2.45, 2.75) is 58.0 Å². The van der Waals surface area contributed by atoms with Crippen molar-refractivity contribution in [3.05, 3.63) is 47.0 Å². The van der Waals surface area contributed by atoms with E-state index < -0.39 is 70.2 Å². The van der Waals surface area contributed by atoms with E-state index in [9.17, 15) is 24.2 Å². The molecule has 5 heterocycles. The fourth-order valence-corrected chi connectivity index (χ4v) is 7.02. The van der Waals surface area contributed by atoms with Gasteiger partial charge in [-0.1, -0.05) is 13.8 Å². The Bertz CT molecular complexity index is 2010. The second-order valence-electron chi connectivity index (χ2n) is 11.0. The molecule has 0 aliphatic carbocycles. The highest BCUT2D eigenvalue weighted by molar-refractivity contribution is 8.07. The van der Waals surface area contributed by atoms with Crippen LogP contribution in [-0.4, -0.2) is 93.4 Å². The average Bonchev–Trinajstić information content (AvgIpc) is 3.80. The molecule has 20 nitrogen and oxygen atoms in total. The van der Waals surface area contributed by atoms with Crippen LogP contribution in [0.5, 0.6) is 0 Å². The molecule has 0 bridgehead atoms. The molecular weight excluding hydrogens is 737 g/mol. The summed E-state index contributed by atoms with van der Waals surface area (Å²) in [6.07, 6.45) is -2.58. The zero-order valence-electron chi connectivity index (χ0n) is 27.0. The lowest BCUT2D eigenvalue weighted by atomic mass is 10.1. The number of rotatable bonds is 17. The summed E-state index contributed by atoms with van der Waals surface area (Å²) in [5.74, 6) is -0.521. The van der Waals surface area contributed by atoms with Gasteiger partial charge >= 0.3 is 15.0 Å². The highest BCUT2D eigenvalue weighted by Crippen LogP contribution is 2.51. The summed E-state index contributed by atoms with van der Waals surface area (Å²) >= 11 is 5.54. The number of nitrogens with one attached hydrogen (secondary N) is 2. The molecule has 2 unspecified atom stereocenters. The van der Waals surface area contributed by atoms with Crippen LogP contribution in [0.25, 0.3) is 22.6 Å². The zero-order valence-corrected chi connectivity index (χ0v) is 29.7. The van der Waals surface area contributed by atoms with Gasteiger partial charge in [-0.3, -0.25) is 38.5 Å². The minimum absolute atomic E-state index is 0.0468. The third-order valence-electron chi connectivity index (χ3n) is 7.21. The van der Waals surface area contributed by atoms with Crippen molar-refractivity contribution >= 4 is 49.8 Å². The van der Waals surface area contributed by atoms with E-state index in [1.54, 1.807) is 38.4 Å². The lowest BCUT2D eigenvalue weighted by Crippen LogP contribution is -2.31. The highest BCUT2D eigenvalue weighted by Gasteiger charge is 2.49. The van der Waals surface area contributed by atoms with Crippen LogP contribution in [0.1, 0.15) is 32.3 Å². The second kappa shape index (κ2) is 17.1. The molecule has 0 saturated carbocycles. The van der Waals surface area contributed by atoms with Crippen LogP contribution in [-0.2, 0) is 57.1 Å². The number of amides is 1. The number of hydrogen-bond donors (Lipinski definition) is 4. The maximum absolute atomic E-state index is 15.9. The molecule has 4 aromatic heterocycles. The molecule has 0 aromatic carbocycles. The molecule has 5 rings (SSSR count). The van der Waals surface area contributed by atoms with E-state index in [1.807, 2.05) is 6.07 Å². The summed E-state index contributed by atoms with van der Waals surface area (Å²) in [6.45, 7) is -1.73. The first-order valence-corrected chi connectivity index (χ1v) is 19.1. The van der Waals surface area contributed by atoms with E-state index in [4.69, 9.17) is 39.9 Å². The number of nitriles is 1. The van der Waals surface area contributed by atoms with Crippen LogP contribution in [0.3, 0.4) is 0 Å². The van der Waals surface area contributed by atoms with Crippen molar-refractivity contribution in [2.24, 2.45) is 5.92 Å². The Morgan fingerprint density at radius 1 is 1.27 bits per heavy atom. The fraction of sp³-hybridized carbons (Fsp3) is 0.481. The summed E-state index contributed by atoms with van der Waals surface area (Å²) in [4.78, 5) is 53.4. The van der Waals surface area contributed by atoms with Crippen LogP contribution < -0.4 is 10.9 Å². The van der Waals surface area contributed by atoms with Crippen molar-refractivity contribution in [1.82, 2.24) is 39.3 Å². The van der Waals surface area contributed by atoms with Gasteiger partial charge in [0.25, 0.3) is 5.56 Å². The maximum atomic E-state index is 15.9. The van der Waals surface area contributed by atoms with Gasteiger partial charge in [-0.25, -0.2) is 19.0 Å². The average molecular weight is 771 g/mol. The number of H-pyrrole nitrogens is 1. The van der Waals surface area contributed by atoms with Gasteiger partial charge in [0, 0.05) is 23.9 Å². The Kier molecular flexibility index (Phi) is 12.9.